The molecule has 0 saturated carbocycles. The molecule has 1 fully saturated rings. The molecule has 1 aliphatic heterocycles. The van der Waals surface area contributed by atoms with Gasteiger partial charge in [-0.2, -0.15) is 0 Å². The van der Waals surface area contributed by atoms with Crippen LogP contribution in [-0.4, -0.2) is 50.6 Å². The van der Waals surface area contributed by atoms with E-state index < -0.39 is 11.6 Å². The summed E-state index contributed by atoms with van der Waals surface area (Å²) in [6, 6.07) is 3.69. The van der Waals surface area contributed by atoms with Crippen molar-refractivity contribution < 1.29 is 13.6 Å². The minimum absolute atomic E-state index is 0.0539. The molecule has 1 saturated heterocycles. The average Bonchev–Trinajstić information content (AvgIpc) is 3.06. The summed E-state index contributed by atoms with van der Waals surface area (Å²) in [6.07, 6.45) is 1.68. The second-order valence-corrected chi connectivity index (χ2v) is 6.22. The Morgan fingerprint density at radius 2 is 2.12 bits per heavy atom. The van der Waals surface area contributed by atoms with Crippen LogP contribution in [0, 0.1) is 11.6 Å². The van der Waals surface area contributed by atoms with Crippen molar-refractivity contribution in [2.45, 2.75) is 32.7 Å². The maximum absolute atomic E-state index is 13.9. The van der Waals surface area contributed by atoms with E-state index in [1.807, 2.05) is 18.7 Å². The van der Waals surface area contributed by atoms with Crippen LogP contribution in [0.3, 0.4) is 0 Å². The van der Waals surface area contributed by atoms with Crippen molar-refractivity contribution in [3.8, 4) is 0 Å². The lowest BCUT2D eigenvalue weighted by Crippen LogP contribution is -2.45. The molecule has 144 valence electrons. The number of halogens is 2. The quantitative estimate of drug-likeness (QED) is 0.506. The summed E-state index contributed by atoms with van der Waals surface area (Å²) in [5, 5.41) is 9.17. The van der Waals surface area contributed by atoms with Crippen LogP contribution < -0.4 is 20.9 Å². The van der Waals surface area contributed by atoms with Crippen molar-refractivity contribution in [2.75, 3.05) is 37.6 Å². The Kier molecular flexibility index (Phi) is 7.62. The predicted molar refractivity (Wildman–Crippen MR) is 99.4 cm³/mol. The van der Waals surface area contributed by atoms with Gasteiger partial charge in [0.25, 0.3) is 0 Å². The van der Waals surface area contributed by atoms with Crippen LogP contribution in [0.4, 0.5) is 14.5 Å². The Morgan fingerprint density at radius 3 is 2.81 bits per heavy atom. The molecule has 8 heteroatoms. The van der Waals surface area contributed by atoms with Crippen molar-refractivity contribution in [1.29, 1.82) is 0 Å². The summed E-state index contributed by atoms with van der Waals surface area (Å²) in [4.78, 5) is 17.9. The van der Waals surface area contributed by atoms with Crippen molar-refractivity contribution in [3.05, 3.63) is 29.8 Å². The van der Waals surface area contributed by atoms with Gasteiger partial charge < -0.3 is 20.9 Å². The molecule has 0 aromatic heterocycles. The zero-order chi connectivity index (χ0) is 18.9. The smallest absolute Gasteiger partial charge is 0.241 e. The standard InChI is InChI=1S/C18H27F2N5O/c1-3-8-22-17(26)11-23-18(21-4-2)24-14-7-9-25(12-14)16-6-5-13(19)10-15(16)20/h5-6,10,14H,3-4,7-9,11-12H2,1-2H3,(H,22,26)(H2,21,23,24). The second kappa shape index (κ2) is 9.94. The lowest BCUT2D eigenvalue weighted by atomic mass is 10.2. The van der Waals surface area contributed by atoms with E-state index in [0.717, 1.165) is 18.9 Å². The van der Waals surface area contributed by atoms with Crippen molar-refractivity contribution in [3.63, 3.8) is 0 Å². The van der Waals surface area contributed by atoms with E-state index in [-0.39, 0.29) is 18.5 Å². The Hall–Kier alpha value is -2.38. The molecule has 2 rings (SSSR count). The molecular formula is C18H27F2N5O. The molecule has 1 amide bonds. The number of amides is 1. The summed E-state index contributed by atoms with van der Waals surface area (Å²) >= 11 is 0. The van der Waals surface area contributed by atoms with E-state index in [2.05, 4.69) is 20.9 Å². The van der Waals surface area contributed by atoms with Crippen LogP contribution in [0.1, 0.15) is 26.7 Å². The van der Waals surface area contributed by atoms with E-state index in [9.17, 15) is 13.6 Å². The number of rotatable bonds is 7. The number of hydrogen-bond acceptors (Lipinski definition) is 3. The van der Waals surface area contributed by atoms with Crippen molar-refractivity contribution >= 4 is 17.6 Å². The van der Waals surface area contributed by atoms with Gasteiger partial charge in [0.05, 0.1) is 5.69 Å². The van der Waals surface area contributed by atoms with Gasteiger partial charge in [0, 0.05) is 38.3 Å². The number of anilines is 1. The number of hydrogen-bond donors (Lipinski definition) is 3. The molecule has 0 spiro atoms. The molecule has 0 aliphatic carbocycles. The van der Waals surface area contributed by atoms with Gasteiger partial charge in [0.1, 0.15) is 18.2 Å². The highest BCUT2D eigenvalue weighted by Gasteiger charge is 2.25. The Labute approximate surface area is 153 Å². The third kappa shape index (κ3) is 5.86. The molecule has 1 aromatic carbocycles. The summed E-state index contributed by atoms with van der Waals surface area (Å²) in [5.41, 5.74) is 0.400. The first-order valence-corrected chi connectivity index (χ1v) is 9.05. The topological polar surface area (TPSA) is 68.8 Å². The maximum Gasteiger partial charge on any atom is 0.241 e. The zero-order valence-electron chi connectivity index (χ0n) is 15.3. The van der Waals surface area contributed by atoms with E-state index in [0.29, 0.717) is 37.8 Å². The SMILES string of the molecule is CCCNC(=O)CN=C(NCC)NC1CCN(c2ccc(F)cc2F)C1. The van der Waals surface area contributed by atoms with Crippen LogP contribution >= 0.6 is 0 Å². The molecule has 1 heterocycles. The van der Waals surface area contributed by atoms with Gasteiger partial charge in [0.15, 0.2) is 5.96 Å². The second-order valence-electron chi connectivity index (χ2n) is 6.22. The Balaban J connectivity index is 1.92. The summed E-state index contributed by atoms with van der Waals surface area (Å²) in [6.45, 7) is 6.54. The van der Waals surface area contributed by atoms with Crippen LogP contribution in [0.5, 0.6) is 0 Å². The number of aliphatic imine (C=N–C) groups is 1. The fourth-order valence-corrected chi connectivity index (χ4v) is 2.82. The lowest BCUT2D eigenvalue weighted by molar-refractivity contribution is -0.119. The van der Waals surface area contributed by atoms with E-state index in [1.54, 1.807) is 0 Å². The number of nitrogens with zero attached hydrogens (tertiary/aromatic N) is 2. The zero-order valence-corrected chi connectivity index (χ0v) is 15.3. The molecule has 26 heavy (non-hydrogen) atoms. The Morgan fingerprint density at radius 1 is 1.31 bits per heavy atom. The molecular weight excluding hydrogens is 340 g/mol. The van der Waals surface area contributed by atoms with Gasteiger partial charge in [-0.1, -0.05) is 6.92 Å². The fourth-order valence-electron chi connectivity index (χ4n) is 2.82. The highest BCUT2D eigenvalue weighted by Crippen LogP contribution is 2.24. The molecule has 0 bridgehead atoms. The summed E-state index contributed by atoms with van der Waals surface area (Å²) in [5.74, 6) is -0.696. The molecule has 6 nitrogen and oxygen atoms in total. The number of guanidine groups is 1. The van der Waals surface area contributed by atoms with Crippen LogP contribution in [0.2, 0.25) is 0 Å². The van der Waals surface area contributed by atoms with E-state index in [1.165, 1.54) is 12.1 Å². The third-order valence-corrected chi connectivity index (χ3v) is 4.08. The highest BCUT2D eigenvalue weighted by molar-refractivity contribution is 5.85. The maximum atomic E-state index is 13.9. The lowest BCUT2D eigenvalue weighted by Gasteiger charge is -2.21. The van der Waals surface area contributed by atoms with Crippen molar-refractivity contribution in [1.82, 2.24) is 16.0 Å². The predicted octanol–water partition coefficient (Wildman–Crippen LogP) is 1.62. The Bertz CT molecular complexity index is 638. The van der Waals surface area contributed by atoms with Gasteiger partial charge in [-0.25, -0.2) is 13.8 Å². The summed E-state index contributed by atoms with van der Waals surface area (Å²) in [7, 11) is 0. The number of carbonyl (C=O) groups excluding carboxylic acids is 1. The van der Waals surface area contributed by atoms with Crippen LogP contribution in [0.15, 0.2) is 23.2 Å². The first-order chi connectivity index (χ1) is 12.5. The molecule has 0 radical (unpaired) electrons. The monoisotopic (exact) mass is 367 g/mol. The highest BCUT2D eigenvalue weighted by atomic mass is 19.1. The van der Waals surface area contributed by atoms with Crippen LogP contribution in [-0.2, 0) is 4.79 Å². The van der Waals surface area contributed by atoms with Gasteiger partial charge in [0.2, 0.25) is 5.91 Å². The van der Waals surface area contributed by atoms with Gasteiger partial charge >= 0.3 is 0 Å². The summed E-state index contributed by atoms with van der Waals surface area (Å²) < 4.78 is 27.0. The van der Waals surface area contributed by atoms with Gasteiger partial charge in [-0.3, -0.25) is 4.79 Å². The number of benzene rings is 1. The minimum atomic E-state index is -0.581. The molecule has 1 aliphatic rings. The normalized spacial score (nSPS) is 17.3. The van der Waals surface area contributed by atoms with Crippen LogP contribution in [0.25, 0.3) is 0 Å². The molecule has 3 N–H and O–H groups in total. The fraction of sp³-hybridized carbons (Fsp3) is 0.556. The van der Waals surface area contributed by atoms with E-state index in [4.69, 9.17) is 0 Å². The average molecular weight is 367 g/mol. The molecule has 1 aromatic rings. The largest absolute Gasteiger partial charge is 0.367 e. The van der Waals surface area contributed by atoms with Gasteiger partial charge in [-0.15, -0.1) is 0 Å². The molecule has 1 unspecified atom stereocenters. The number of nitrogens with one attached hydrogen (secondary N) is 3. The first kappa shape index (κ1) is 19.9. The number of carbonyl (C=O) groups is 1. The first-order valence-electron chi connectivity index (χ1n) is 9.05. The van der Waals surface area contributed by atoms with E-state index >= 15 is 0 Å². The minimum Gasteiger partial charge on any atom is -0.367 e. The third-order valence-electron chi connectivity index (χ3n) is 4.08. The van der Waals surface area contributed by atoms with Crippen molar-refractivity contribution in [2.24, 2.45) is 4.99 Å². The molecule has 1 atom stereocenters. The van der Waals surface area contributed by atoms with Gasteiger partial charge in [-0.05, 0) is 31.9 Å².